The van der Waals surface area contributed by atoms with E-state index in [-0.39, 0.29) is 25.9 Å². The number of amides is 2. The van der Waals surface area contributed by atoms with E-state index in [0.29, 0.717) is 0 Å². The Morgan fingerprint density at radius 1 is 1.00 bits per heavy atom. The van der Waals surface area contributed by atoms with Crippen LogP contribution in [0.2, 0.25) is 0 Å². The largest absolute Gasteiger partial charge is 0.444 e. The second-order valence-corrected chi connectivity index (χ2v) is 7.52. The molecular formula is C15H22F6N2O4. The van der Waals surface area contributed by atoms with Crippen molar-refractivity contribution >= 4 is 12.2 Å². The molecule has 0 atom stereocenters. The van der Waals surface area contributed by atoms with Gasteiger partial charge < -0.3 is 19.7 Å². The van der Waals surface area contributed by atoms with Gasteiger partial charge in [-0.05, 0) is 40.5 Å². The fraction of sp³-hybridized carbons (Fsp3) is 0.867. The number of hydrogen-bond donors (Lipinski definition) is 1. The minimum atomic E-state index is -5.77. The van der Waals surface area contributed by atoms with E-state index in [1.165, 1.54) is 0 Å². The molecule has 1 rings (SSSR count). The number of hydrogen-bond acceptors (Lipinski definition) is 4. The van der Waals surface area contributed by atoms with Crippen LogP contribution in [0.3, 0.4) is 0 Å². The Kier molecular flexibility index (Phi) is 6.54. The van der Waals surface area contributed by atoms with E-state index in [2.05, 4.69) is 10.1 Å². The van der Waals surface area contributed by atoms with Crippen LogP contribution in [0.4, 0.5) is 35.9 Å². The first kappa shape index (κ1) is 23.2. The van der Waals surface area contributed by atoms with Crippen molar-refractivity contribution in [1.82, 2.24) is 10.2 Å². The van der Waals surface area contributed by atoms with Crippen LogP contribution in [0.5, 0.6) is 0 Å². The summed E-state index contributed by atoms with van der Waals surface area (Å²) in [6.07, 6.45) is -17.9. The van der Waals surface area contributed by atoms with Gasteiger partial charge in [0.25, 0.3) is 6.10 Å². The highest BCUT2D eigenvalue weighted by Gasteiger charge is 2.60. The average Bonchev–Trinajstić information content (AvgIpc) is 2.40. The molecule has 0 unspecified atom stereocenters. The molecule has 27 heavy (non-hydrogen) atoms. The molecule has 1 aliphatic rings. The molecule has 0 aromatic heterocycles. The van der Waals surface area contributed by atoms with Crippen molar-refractivity contribution in [2.75, 3.05) is 13.1 Å². The second kappa shape index (κ2) is 7.63. The molecule has 0 radical (unpaired) electrons. The topological polar surface area (TPSA) is 67.9 Å². The van der Waals surface area contributed by atoms with Crippen LogP contribution in [-0.2, 0) is 9.47 Å². The number of piperidine rings is 1. The van der Waals surface area contributed by atoms with Gasteiger partial charge in [-0.1, -0.05) is 0 Å². The molecule has 0 bridgehead atoms. The minimum Gasteiger partial charge on any atom is -0.444 e. The van der Waals surface area contributed by atoms with Crippen molar-refractivity contribution in [2.24, 2.45) is 0 Å². The fourth-order valence-electron chi connectivity index (χ4n) is 2.35. The molecule has 0 spiro atoms. The SMILES string of the molecule is CC1(NC(=O)OC(C)(C)C)CCN(C(=O)OC(C(F)(F)F)C(F)(F)F)CC1. The van der Waals surface area contributed by atoms with Gasteiger partial charge in [0.05, 0.1) is 0 Å². The molecule has 1 heterocycles. The van der Waals surface area contributed by atoms with Gasteiger partial charge in [0, 0.05) is 18.6 Å². The molecule has 0 aromatic carbocycles. The zero-order valence-electron chi connectivity index (χ0n) is 15.3. The number of carbonyl (C=O) groups is 2. The van der Waals surface area contributed by atoms with Crippen molar-refractivity contribution in [3.63, 3.8) is 0 Å². The van der Waals surface area contributed by atoms with E-state index in [0.717, 1.165) is 4.90 Å². The molecule has 0 saturated carbocycles. The standard InChI is InChI=1S/C15H22F6N2O4/c1-12(2,3)27-10(24)22-13(4)5-7-23(8-6-13)11(25)26-9(14(16,17)18)15(19,20)21/h9H,5-8H2,1-4H3,(H,22,24). The van der Waals surface area contributed by atoms with Crippen molar-refractivity contribution in [1.29, 1.82) is 0 Å². The molecule has 1 fully saturated rings. The Morgan fingerprint density at radius 2 is 1.44 bits per heavy atom. The van der Waals surface area contributed by atoms with Gasteiger partial charge in [0.2, 0.25) is 0 Å². The maximum atomic E-state index is 12.5. The average molecular weight is 408 g/mol. The first-order chi connectivity index (χ1) is 11.9. The van der Waals surface area contributed by atoms with Gasteiger partial charge >= 0.3 is 24.5 Å². The lowest BCUT2D eigenvalue weighted by molar-refractivity contribution is -0.308. The lowest BCUT2D eigenvalue weighted by atomic mass is 9.90. The number of rotatable bonds is 2. The van der Waals surface area contributed by atoms with Crippen molar-refractivity contribution in [2.45, 2.75) is 70.1 Å². The highest BCUT2D eigenvalue weighted by atomic mass is 19.4. The van der Waals surface area contributed by atoms with Crippen LogP contribution in [0.25, 0.3) is 0 Å². The van der Waals surface area contributed by atoms with Gasteiger partial charge in [-0.3, -0.25) is 0 Å². The number of ether oxygens (including phenoxy) is 2. The predicted molar refractivity (Wildman–Crippen MR) is 81.0 cm³/mol. The third-order valence-electron chi connectivity index (χ3n) is 3.74. The van der Waals surface area contributed by atoms with E-state index < -0.39 is 41.8 Å². The maximum absolute atomic E-state index is 12.5. The number of carbonyl (C=O) groups excluding carboxylic acids is 2. The first-order valence-corrected chi connectivity index (χ1v) is 8.03. The molecule has 0 aliphatic carbocycles. The van der Waals surface area contributed by atoms with Gasteiger partial charge in [0.15, 0.2) is 0 Å². The first-order valence-electron chi connectivity index (χ1n) is 8.03. The van der Waals surface area contributed by atoms with Gasteiger partial charge in [-0.15, -0.1) is 0 Å². The Bertz CT molecular complexity index is 534. The lowest BCUT2D eigenvalue weighted by Gasteiger charge is -2.40. The summed E-state index contributed by atoms with van der Waals surface area (Å²) in [5.41, 5.74) is -1.57. The maximum Gasteiger partial charge on any atom is 0.434 e. The van der Waals surface area contributed by atoms with Crippen LogP contribution >= 0.6 is 0 Å². The summed E-state index contributed by atoms with van der Waals surface area (Å²) in [6, 6.07) is 0. The van der Waals surface area contributed by atoms with Crippen molar-refractivity contribution in [3.8, 4) is 0 Å². The van der Waals surface area contributed by atoms with E-state index in [1.54, 1.807) is 27.7 Å². The minimum absolute atomic E-state index is 0.101. The summed E-state index contributed by atoms with van der Waals surface area (Å²) >= 11 is 0. The van der Waals surface area contributed by atoms with E-state index in [9.17, 15) is 35.9 Å². The molecule has 1 saturated heterocycles. The molecular weight excluding hydrogens is 386 g/mol. The highest BCUT2D eigenvalue weighted by Crippen LogP contribution is 2.36. The zero-order valence-corrected chi connectivity index (χ0v) is 15.3. The fourth-order valence-corrected chi connectivity index (χ4v) is 2.35. The Labute approximate surface area is 152 Å². The summed E-state index contributed by atoms with van der Waals surface area (Å²) in [7, 11) is 0. The molecule has 1 N–H and O–H groups in total. The molecule has 0 aromatic rings. The molecule has 1 aliphatic heterocycles. The van der Waals surface area contributed by atoms with Gasteiger partial charge in [-0.2, -0.15) is 26.3 Å². The van der Waals surface area contributed by atoms with Crippen molar-refractivity contribution in [3.05, 3.63) is 0 Å². The summed E-state index contributed by atoms with van der Waals surface area (Å²) in [4.78, 5) is 24.3. The third-order valence-corrected chi connectivity index (χ3v) is 3.74. The summed E-state index contributed by atoms with van der Waals surface area (Å²) in [5.74, 6) is 0. The van der Waals surface area contributed by atoms with E-state index in [1.807, 2.05) is 0 Å². The molecule has 6 nitrogen and oxygen atoms in total. The number of nitrogens with zero attached hydrogens (tertiary/aromatic N) is 1. The monoisotopic (exact) mass is 408 g/mol. The molecule has 2 amide bonds. The van der Waals surface area contributed by atoms with Crippen LogP contribution in [0, 0.1) is 0 Å². The summed E-state index contributed by atoms with van der Waals surface area (Å²) in [6.45, 7) is 6.23. The third kappa shape index (κ3) is 7.33. The molecule has 12 heteroatoms. The highest BCUT2D eigenvalue weighted by molar-refractivity contribution is 5.70. The van der Waals surface area contributed by atoms with E-state index in [4.69, 9.17) is 4.74 Å². The number of alkyl carbamates (subject to hydrolysis) is 1. The van der Waals surface area contributed by atoms with Gasteiger partial charge in [0.1, 0.15) is 5.60 Å². The Hall–Kier alpha value is -1.88. The van der Waals surface area contributed by atoms with Gasteiger partial charge in [-0.25, -0.2) is 9.59 Å². The van der Waals surface area contributed by atoms with Crippen LogP contribution in [0.1, 0.15) is 40.5 Å². The summed E-state index contributed by atoms with van der Waals surface area (Å²) < 4.78 is 83.6. The normalized spacial score (nSPS) is 18.3. The van der Waals surface area contributed by atoms with Crippen LogP contribution in [-0.4, -0.2) is 59.8 Å². The van der Waals surface area contributed by atoms with Crippen LogP contribution in [0.15, 0.2) is 0 Å². The van der Waals surface area contributed by atoms with E-state index >= 15 is 0 Å². The number of nitrogens with one attached hydrogen (secondary N) is 1. The lowest BCUT2D eigenvalue weighted by Crippen LogP contribution is -2.56. The second-order valence-electron chi connectivity index (χ2n) is 7.52. The number of alkyl halides is 6. The number of halogens is 6. The summed E-state index contributed by atoms with van der Waals surface area (Å²) in [5, 5.41) is 2.60. The predicted octanol–water partition coefficient (Wildman–Crippen LogP) is 4.00. The zero-order chi connectivity index (χ0) is 21.3. The van der Waals surface area contributed by atoms with Crippen LogP contribution < -0.4 is 5.32 Å². The quantitative estimate of drug-likeness (QED) is 0.702. The smallest absolute Gasteiger partial charge is 0.434 e. The Balaban J connectivity index is 2.65. The van der Waals surface area contributed by atoms with Crippen molar-refractivity contribution < 1.29 is 45.4 Å². The Morgan fingerprint density at radius 3 is 1.81 bits per heavy atom. The number of likely N-dealkylation sites (tertiary alicyclic amines) is 1. The molecule has 158 valence electrons.